The predicted octanol–water partition coefficient (Wildman–Crippen LogP) is 1.77. The van der Waals surface area contributed by atoms with E-state index < -0.39 is 0 Å². The van der Waals surface area contributed by atoms with E-state index in [1.54, 1.807) is 0 Å². The predicted molar refractivity (Wildman–Crippen MR) is 60.5 cm³/mol. The molecule has 84 valence electrons. The van der Waals surface area contributed by atoms with E-state index >= 15 is 0 Å². The van der Waals surface area contributed by atoms with E-state index in [4.69, 9.17) is 5.73 Å². The Morgan fingerprint density at radius 1 is 1.40 bits per heavy atom. The number of anilines is 2. The monoisotopic (exact) mass is 209 g/mol. The van der Waals surface area contributed by atoms with Crippen LogP contribution >= 0.6 is 0 Å². The van der Waals surface area contributed by atoms with Crippen molar-refractivity contribution in [1.29, 1.82) is 0 Å². The highest BCUT2D eigenvalue weighted by Gasteiger charge is 2.27. The summed E-state index contributed by atoms with van der Waals surface area (Å²) in [5.74, 6) is 0.992. The maximum absolute atomic E-state index is 5.46. The van der Waals surface area contributed by atoms with Gasteiger partial charge in [-0.2, -0.15) is 4.98 Å². The number of H-pyrrole nitrogens is 1. The van der Waals surface area contributed by atoms with Crippen molar-refractivity contribution >= 4 is 11.9 Å². The van der Waals surface area contributed by atoms with Gasteiger partial charge in [-0.1, -0.05) is 13.8 Å². The van der Waals surface area contributed by atoms with Crippen LogP contribution in [0.15, 0.2) is 0 Å². The van der Waals surface area contributed by atoms with Crippen molar-refractivity contribution in [3.63, 3.8) is 0 Å². The van der Waals surface area contributed by atoms with Crippen LogP contribution in [-0.4, -0.2) is 21.2 Å². The Balaban J connectivity index is 1.87. The van der Waals surface area contributed by atoms with Crippen molar-refractivity contribution < 1.29 is 0 Å². The van der Waals surface area contributed by atoms with Gasteiger partial charge in [0.15, 0.2) is 0 Å². The zero-order chi connectivity index (χ0) is 10.9. The highest BCUT2D eigenvalue weighted by molar-refractivity contribution is 5.31. The fourth-order valence-electron chi connectivity index (χ4n) is 2.07. The number of nitrogens with two attached hydrogens (primary N) is 1. The lowest BCUT2D eigenvalue weighted by Crippen LogP contribution is -2.30. The fraction of sp³-hybridized carbons (Fsp3) is 0.800. The molecule has 1 aromatic rings. The summed E-state index contributed by atoms with van der Waals surface area (Å²) in [5.41, 5.74) is 5.95. The second kappa shape index (κ2) is 3.72. The molecule has 1 fully saturated rings. The Morgan fingerprint density at radius 2 is 2.07 bits per heavy atom. The van der Waals surface area contributed by atoms with Crippen LogP contribution in [0.4, 0.5) is 11.9 Å². The van der Waals surface area contributed by atoms with Crippen LogP contribution in [0.5, 0.6) is 0 Å². The molecule has 5 heteroatoms. The smallest absolute Gasteiger partial charge is 0.243 e. The average molecular weight is 209 g/mol. The molecule has 5 nitrogen and oxygen atoms in total. The molecular weight excluding hydrogens is 190 g/mol. The van der Waals surface area contributed by atoms with Gasteiger partial charge in [-0.25, -0.2) is 5.10 Å². The molecule has 2 rings (SSSR count). The first-order valence-electron chi connectivity index (χ1n) is 5.50. The van der Waals surface area contributed by atoms with Gasteiger partial charge in [-0.05, 0) is 31.1 Å². The Labute approximate surface area is 89.9 Å². The minimum absolute atomic E-state index is 0.369. The third-order valence-electron chi connectivity index (χ3n) is 3.18. The van der Waals surface area contributed by atoms with Crippen LogP contribution < -0.4 is 11.1 Å². The molecule has 0 spiro atoms. The summed E-state index contributed by atoms with van der Waals surface area (Å²) in [5, 5.41) is 9.91. The number of nitrogens with zero attached hydrogens (tertiary/aromatic N) is 2. The minimum atomic E-state index is 0.369. The van der Waals surface area contributed by atoms with Crippen LogP contribution in [0.2, 0.25) is 0 Å². The zero-order valence-corrected chi connectivity index (χ0v) is 9.38. The van der Waals surface area contributed by atoms with E-state index in [2.05, 4.69) is 34.3 Å². The number of aromatic nitrogens is 3. The first-order chi connectivity index (χ1) is 7.05. The van der Waals surface area contributed by atoms with Crippen molar-refractivity contribution in [2.24, 2.45) is 5.41 Å². The topological polar surface area (TPSA) is 79.6 Å². The summed E-state index contributed by atoms with van der Waals surface area (Å²) in [6.07, 6.45) is 4.87. The highest BCUT2D eigenvalue weighted by Crippen LogP contribution is 2.35. The molecule has 0 aromatic carbocycles. The third-order valence-corrected chi connectivity index (χ3v) is 3.18. The second-order valence-electron chi connectivity index (χ2n) is 5.13. The quantitative estimate of drug-likeness (QED) is 0.693. The van der Waals surface area contributed by atoms with Gasteiger partial charge in [0.25, 0.3) is 0 Å². The van der Waals surface area contributed by atoms with Crippen molar-refractivity contribution in [2.75, 3.05) is 11.1 Å². The second-order valence-corrected chi connectivity index (χ2v) is 5.13. The van der Waals surface area contributed by atoms with Crippen LogP contribution in [0, 0.1) is 5.41 Å². The maximum Gasteiger partial charge on any atom is 0.243 e. The molecule has 0 radical (unpaired) electrons. The number of nitrogen functional groups attached to an aromatic ring is 1. The first kappa shape index (κ1) is 10.3. The average Bonchev–Trinajstić information content (AvgIpc) is 2.55. The van der Waals surface area contributed by atoms with E-state index in [0.29, 0.717) is 23.4 Å². The Bertz CT molecular complexity index is 320. The fourth-order valence-corrected chi connectivity index (χ4v) is 2.07. The Kier molecular flexibility index (Phi) is 2.54. The normalized spacial score (nSPS) is 21.5. The number of hydrogen-bond donors (Lipinski definition) is 3. The van der Waals surface area contributed by atoms with Gasteiger partial charge in [0.2, 0.25) is 11.9 Å². The van der Waals surface area contributed by atoms with E-state index in [0.717, 1.165) is 0 Å². The molecule has 0 atom stereocenters. The summed E-state index contributed by atoms with van der Waals surface area (Å²) in [4.78, 5) is 4.04. The lowest BCUT2D eigenvalue weighted by molar-refractivity contribution is 0.232. The molecule has 0 saturated heterocycles. The third kappa shape index (κ3) is 2.61. The molecule has 1 heterocycles. The number of hydrogen-bond acceptors (Lipinski definition) is 4. The van der Waals surface area contributed by atoms with E-state index in [1.165, 1.54) is 25.7 Å². The molecule has 0 amide bonds. The molecule has 1 saturated carbocycles. The number of rotatable bonds is 2. The van der Waals surface area contributed by atoms with Gasteiger partial charge >= 0.3 is 0 Å². The highest BCUT2D eigenvalue weighted by atomic mass is 15.3. The van der Waals surface area contributed by atoms with Crippen LogP contribution in [0.1, 0.15) is 39.5 Å². The molecule has 15 heavy (non-hydrogen) atoms. The summed E-state index contributed by atoms with van der Waals surface area (Å²) >= 11 is 0. The number of aromatic amines is 1. The zero-order valence-electron chi connectivity index (χ0n) is 9.38. The molecule has 1 aromatic heterocycles. The van der Waals surface area contributed by atoms with Crippen LogP contribution in [0.25, 0.3) is 0 Å². The van der Waals surface area contributed by atoms with Gasteiger partial charge in [0.1, 0.15) is 0 Å². The van der Waals surface area contributed by atoms with E-state index in [-0.39, 0.29) is 0 Å². The lowest BCUT2D eigenvalue weighted by atomic mass is 9.76. The van der Waals surface area contributed by atoms with Crippen LogP contribution in [-0.2, 0) is 0 Å². The van der Waals surface area contributed by atoms with Gasteiger partial charge in [-0.15, -0.1) is 5.10 Å². The molecule has 1 aliphatic rings. The molecule has 4 N–H and O–H groups in total. The molecule has 0 unspecified atom stereocenters. The van der Waals surface area contributed by atoms with Gasteiger partial charge in [-0.3, -0.25) is 0 Å². The van der Waals surface area contributed by atoms with Gasteiger partial charge in [0.05, 0.1) is 0 Å². The Hall–Kier alpha value is -1.26. The maximum atomic E-state index is 5.46. The van der Waals surface area contributed by atoms with Crippen LogP contribution in [0.3, 0.4) is 0 Å². The van der Waals surface area contributed by atoms with Gasteiger partial charge < -0.3 is 11.1 Å². The minimum Gasteiger partial charge on any atom is -0.368 e. The largest absolute Gasteiger partial charge is 0.368 e. The standard InChI is InChI=1S/C10H19N5/c1-10(2)5-3-7(4-6-10)12-9-13-8(11)14-15-9/h7H,3-6H2,1-2H3,(H4,11,12,13,14,15). The lowest BCUT2D eigenvalue weighted by Gasteiger charge is -2.34. The van der Waals surface area contributed by atoms with E-state index in [9.17, 15) is 0 Å². The summed E-state index contributed by atoms with van der Waals surface area (Å²) in [6.45, 7) is 4.65. The SMILES string of the molecule is CC1(C)CCC(Nc2n[nH]c(N)n2)CC1. The van der Waals surface area contributed by atoms with E-state index in [1.807, 2.05) is 0 Å². The summed E-state index contributed by atoms with van der Waals surface area (Å²) < 4.78 is 0. The molecule has 0 aliphatic heterocycles. The first-order valence-corrected chi connectivity index (χ1v) is 5.50. The molecule has 0 bridgehead atoms. The molecular formula is C10H19N5. The van der Waals surface area contributed by atoms with Crippen molar-refractivity contribution in [2.45, 2.75) is 45.6 Å². The summed E-state index contributed by atoms with van der Waals surface area (Å²) in [6, 6.07) is 0.494. The van der Waals surface area contributed by atoms with Crippen molar-refractivity contribution in [1.82, 2.24) is 15.2 Å². The van der Waals surface area contributed by atoms with Crippen molar-refractivity contribution in [3.8, 4) is 0 Å². The van der Waals surface area contributed by atoms with Crippen molar-refractivity contribution in [3.05, 3.63) is 0 Å². The molecule has 1 aliphatic carbocycles. The Morgan fingerprint density at radius 3 is 2.60 bits per heavy atom. The number of nitrogens with one attached hydrogen (secondary N) is 2. The van der Waals surface area contributed by atoms with Gasteiger partial charge in [0, 0.05) is 6.04 Å². The summed E-state index contributed by atoms with van der Waals surface area (Å²) in [7, 11) is 0.